The Morgan fingerprint density at radius 2 is 1.79 bits per heavy atom. The third-order valence-corrected chi connectivity index (χ3v) is 4.15. The molecule has 0 radical (unpaired) electrons. The van der Waals surface area contributed by atoms with E-state index < -0.39 is 0 Å². The van der Waals surface area contributed by atoms with Crippen molar-refractivity contribution in [2.24, 2.45) is 11.8 Å². The molecule has 0 spiro atoms. The molecule has 1 heteroatoms. The lowest BCUT2D eigenvalue weighted by Gasteiger charge is -2.28. The van der Waals surface area contributed by atoms with E-state index in [1.54, 1.807) is 0 Å². The van der Waals surface area contributed by atoms with Crippen molar-refractivity contribution in [2.75, 3.05) is 0 Å². The number of hydrogen-bond donors (Lipinski definition) is 1. The number of fused-ring (bicyclic) bond motifs is 5. The summed E-state index contributed by atoms with van der Waals surface area (Å²) in [6.45, 7) is 0. The fourth-order valence-electron chi connectivity index (χ4n) is 3.47. The van der Waals surface area contributed by atoms with E-state index in [-0.39, 0.29) is 12.0 Å². The predicted octanol–water partition coefficient (Wildman–Crippen LogP) is 2.04. The molecular weight excluding hydrogens is 172 g/mol. The van der Waals surface area contributed by atoms with Crippen LogP contribution in [0.25, 0.3) is 0 Å². The van der Waals surface area contributed by atoms with E-state index in [4.69, 9.17) is 0 Å². The van der Waals surface area contributed by atoms with Crippen LogP contribution in [-0.4, -0.2) is 11.2 Å². The molecule has 0 aliphatic heterocycles. The van der Waals surface area contributed by atoms with E-state index in [1.807, 2.05) is 0 Å². The topological polar surface area (TPSA) is 20.2 Å². The first-order chi connectivity index (χ1) is 6.88. The van der Waals surface area contributed by atoms with E-state index in [2.05, 4.69) is 36.4 Å². The van der Waals surface area contributed by atoms with E-state index in [0.29, 0.717) is 17.8 Å². The maximum absolute atomic E-state index is 10.1. The van der Waals surface area contributed by atoms with E-state index >= 15 is 0 Å². The van der Waals surface area contributed by atoms with Crippen LogP contribution in [0, 0.1) is 11.8 Å². The van der Waals surface area contributed by atoms with Crippen molar-refractivity contribution >= 4 is 0 Å². The lowest BCUT2D eigenvalue weighted by Crippen LogP contribution is -2.26. The SMILES string of the molecule is OC1C2C=CC3C(c4ccccc42)C13. The van der Waals surface area contributed by atoms with Gasteiger partial charge in [-0.3, -0.25) is 0 Å². The van der Waals surface area contributed by atoms with Crippen LogP contribution in [0.4, 0.5) is 0 Å². The Bertz CT molecular complexity index is 435. The van der Waals surface area contributed by atoms with Crippen LogP contribution in [0.1, 0.15) is 23.0 Å². The lowest BCUT2D eigenvalue weighted by molar-refractivity contribution is 0.121. The number of allylic oxidation sites excluding steroid dienone is 1. The molecule has 1 fully saturated rings. The maximum Gasteiger partial charge on any atom is 0.0683 e. The molecule has 14 heavy (non-hydrogen) atoms. The Balaban J connectivity index is 2.01. The van der Waals surface area contributed by atoms with Crippen molar-refractivity contribution < 1.29 is 5.11 Å². The first-order valence-electron chi connectivity index (χ1n) is 5.33. The zero-order chi connectivity index (χ0) is 9.28. The van der Waals surface area contributed by atoms with Crippen LogP contribution in [0.3, 0.4) is 0 Å². The van der Waals surface area contributed by atoms with Crippen molar-refractivity contribution in [2.45, 2.75) is 17.9 Å². The van der Waals surface area contributed by atoms with Crippen LogP contribution in [-0.2, 0) is 0 Å². The molecule has 1 saturated carbocycles. The van der Waals surface area contributed by atoms with Gasteiger partial charge in [-0.25, -0.2) is 0 Å². The third kappa shape index (κ3) is 0.642. The average Bonchev–Trinajstić information content (AvgIpc) is 2.94. The molecule has 0 heterocycles. The smallest absolute Gasteiger partial charge is 0.0683 e. The van der Waals surface area contributed by atoms with Crippen LogP contribution in [0.5, 0.6) is 0 Å². The second kappa shape index (κ2) is 2.12. The van der Waals surface area contributed by atoms with Gasteiger partial charge >= 0.3 is 0 Å². The van der Waals surface area contributed by atoms with Gasteiger partial charge in [0.05, 0.1) is 6.10 Å². The Morgan fingerprint density at radius 3 is 2.64 bits per heavy atom. The minimum Gasteiger partial charge on any atom is -0.392 e. The minimum atomic E-state index is -0.120. The minimum absolute atomic E-state index is 0.120. The average molecular weight is 184 g/mol. The van der Waals surface area contributed by atoms with Crippen LogP contribution >= 0.6 is 0 Å². The van der Waals surface area contributed by atoms with Crippen LogP contribution < -0.4 is 0 Å². The van der Waals surface area contributed by atoms with Gasteiger partial charge < -0.3 is 5.11 Å². The standard InChI is InChI=1S/C13H12O/c14-13-9-5-6-10-11(12(10)13)8-4-2-1-3-7(8)9/h1-6,9-14H. The van der Waals surface area contributed by atoms with Gasteiger partial charge in [0.2, 0.25) is 0 Å². The second-order valence-electron chi connectivity index (χ2n) is 4.71. The Hall–Kier alpha value is -1.08. The summed E-state index contributed by atoms with van der Waals surface area (Å²) in [6.07, 6.45) is 4.40. The second-order valence-corrected chi connectivity index (χ2v) is 4.71. The van der Waals surface area contributed by atoms with Gasteiger partial charge in [-0.2, -0.15) is 0 Å². The summed E-state index contributed by atoms with van der Waals surface area (Å²) in [7, 11) is 0. The summed E-state index contributed by atoms with van der Waals surface area (Å²) in [6, 6.07) is 8.60. The molecule has 1 N–H and O–H groups in total. The van der Waals surface area contributed by atoms with E-state index in [1.165, 1.54) is 11.1 Å². The molecule has 2 bridgehead atoms. The molecule has 0 aromatic heterocycles. The van der Waals surface area contributed by atoms with Gasteiger partial charge in [0.15, 0.2) is 0 Å². The number of hydrogen-bond acceptors (Lipinski definition) is 1. The maximum atomic E-state index is 10.1. The van der Waals surface area contributed by atoms with Gasteiger partial charge in [0.1, 0.15) is 0 Å². The third-order valence-electron chi connectivity index (χ3n) is 4.15. The van der Waals surface area contributed by atoms with Crippen molar-refractivity contribution in [3.63, 3.8) is 0 Å². The zero-order valence-corrected chi connectivity index (χ0v) is 7.80. The fourth-order valence-corrected chi connectivity index (χ4v) is 3.47. The Labute approximate surface area is 83.1 Å². The molecule has 5 atom stereocenters. The van der Waals surface area contributed by atoms with Crippen molar-refractivity contribution in [1.82, 2.24) is 0 Å². The van der Waals surface area contributed by atoms with Gasteiger partial charge in [0, 0.05) is 11.8 Å². The van der Waals surface area contributed by atoms with E-state index in [9.17, 15) is 5.11 Å². The summed E-state index contributed by atoms with van der Waals surface area (Å²) < 4.78 is 0. The van der Waals surface area contributed by atoms with Crippen molar-refractivity contribution in [3.8, 4) is 0 Å². The fraction of sp³-hybridized carbons (Fsp3) is 0.385. The molecule has 0 amide bonds. The number of rotatable bonds is 0. The normalized spacial score (nSPS) is 45.9. The van der Waals surface area contributed by atoms with Gasteiger partial charge in [0.25, 0.3) is 0 Å². The molecule has 1 aromatic carbocycles. The van der Waals surface area contributed by atoms with E-state index in [0.717, 1.165) is 0 Å². The molecule has 1 nitrogen and oxygen atoms in total. The monoisotopic (exact) mass is 184 g/mol. The highest BCUT2D eigenvalue weighted by Crippen LogP contribution is 2.65. The molecule has 1 aromatic rings. The van der Waals surface area contributed by atoms with Gasteiger partial charge in [-0.1, -0.05) is 36.4 Å². The molecule has 3 aliphatic rings. The zero-order valence-electron chi connectivity index (χ0n) is 7.80. The number of aliphatic hydroxyl groups is 1. The number of aliphatic hydroxyl groups excluding tert-OH is 1. The highest BCUT2D eigenvalue weighted by molar-refractivity contribution is 5.49. The summed E-state index contributed by atoms with van der Waals surface area (Å²) in [5.41, 5.74) is 2.85. The Kier molecular flexibility index (Phi) is 1.09. The summed E-state index contributed by atoms with van der Waals surface area (Å²) in [5, 5.41) is 10.1. The van der Waals surface area contributed by atoms with Crippen LogP contribution in [0.2, 0.25) is 0 Å². The molecule has 70 valence electrons. The van der Waals surface area contributed by atoms with Crippen molar-refractivity contribution in [3.05, 3.63) is 47.5 Å². The van der Waals surface area contributed by atoms with Gasteiger partial charge in [-0.05, 0) is 23.0 Å². The number of benzene rings is 1. The lowest BCUT2D eigenvalue weighted by atomic mass is 9.80. The molecule has 0 saturated heterocycles. The highest BCUT2D eigenvalue weighted by Gasteiger charge is 2.60. The summed E-state index contributed by atoms with van der Waals surface area (Å²) in [4.78, 5) is 0. The summed E-state index contributed by atoms with van der Waals surface area (Å²) in [5.74, 6) is 2.05. The molecule has 5 unspecified atom stereocenters. The van der Waals surface area contributed by atoms with Crippen LogP contribution in [0.15, 0.2) is 36.4 Å². The quantitative estimate of drug-likeness (QED) is 0.612. The first kappa shape index (κ1) is 7.24. The molecular formula is C13H12O. The highest BCUT2D eigenvalue weighted by atomic mass is 16.3. The largest absolute Gasteiger partial charge is 0.392 e. The summed E-state index contributed by atoms with van der Waals surface area (Å²) >= 11 is 0. The molecule has 3 aliphatic carbocycles. The van der Waals surface area contributed by atoms with Gasteiger partial charge in [-0.15, -0.1) is 0 Å². The molecule has 4 rings (SSSR count). The predicted molar refractivity (Wildman–Crippen MR) is 54.1 cm³/mol. The Morgan fingerprint density at radius 1 is 1.00 bits per heavy atom. The van der Waals surface area contributed by atoms with Crippen molar-refractivity contribution in [1.29, 1.82) is 0 Å². The first-order valence-corrected chi connectivity index (χ1v) is 5.33.